The molecule has 0 atom stereocenters. The second kappa shape index (κ2) is 4.93. The molecule has 0 unspecified atom stereocenters. The van der Waals surface area contributed by atoms with Crippen molar-refractivity contribution in [2.24, 2.45) is 0 Å². The SMILES string of the molecule is CCc1cnccc1C(=O)Cc1cn2ccsc2n1. The number of imidazole rings is 1. The van der Waals surface area contributed by atoms with Gasteiger partial charge in [0.1, 0.15) is 0 Å². The van der Waals surface area contributed by atoms with E-state index in [0.717, 1.165) is 28.2 Å². The van der Waals surface area contributed by atoms with E-state index in [1.807, 2.05) is 29.1 Å². The summed E-state index contributed by atoms with van der Waals surface area (Å²) in [4.78, 5) is 21.7. The van der Waals surface area contributed by atoms with E-state index in [1.165, 1.54) is 0 Å². The van der Waals surface area contributed by atoms with E-state index in [4.69, 9.17) is 0 Å². The maximum atomic E-state index is 12.3. The number of nitrogens with zero attached hydrogens (tertiary/aromatic N) is 3. The Morgan fingerprint density at radius 3 is 3.16 bits per heavy atom. The van der Waals surface area contributed by atoms with Crippen LogP contribution in [0.2, 0.25) is 0 Å². The molecule has 0 aliphatic carbocycles. The van der Waals surface area contributed by atoms with Crippen LogP contribution in [0.3, 0.4) is 0 Å². The number of carbonyl (C=O) groups is 1. The van der Waals surface area contributed by atoms with Crippen LogP contribution in [0.15, 0.2) is 36.2 Å². The van der Waals surface area contributed by atoms with Gasteiger partial charge < -0.3 is 0 Å². The Morgan fingerprint density at radius 1 is 1.47 bits per heavy atom. The van der Waals surface area contributed by atoms with Crippen molar-refractivity contribution in [1.29, 1.82) is 0 Å². The van der Waals surface area contributed by atoms with Crippen LogP contribution in [-0.4, -0.2) is 20.2 Å². The van der Waals surface area contributed by atoms with Crippen molar-refractivity contribution in [3.8, 4) is 0 Å². The number of aromatic nitrogens is 3. The molecule has 0 aliphatic rings. The third-order valence-electron chi connectivity index (χ3n) is 3.07. The molecule has 3 heterocycles. The lowest BCUT2D eigenvalue weighted by molar-refractivity contribution is 0.0991. The molecule has 0 aromatic carbocycles. The number of aryl methyl sites for hydroxylation is 1. The highest BCUT2D eigenvalue weighted by molar-refractivity contribution is 7.15. The normalized spacial score (nSPS) is 11.0. The first kappa shape index (κ1) is 12.0. The predicted octanol–water partition coefficient (Wildman–Crippen LogP) is 2.78. The summed E-state index contributed by atoms with van der Waals surface area (Å²) in [5.74, 6) is 0.102. The summed E-state index contributed by atoms with van der Waals surface area (Å²) >= 11 is 1.57. The minimum Gasteiger partial charge on any atom is -0.297 e. The van der Waals surface area contributed by atoms with Crippen LogP contribution >= 0.6 is 11.3 Å². The largest absolute Gasteiger partial charge is 0.297 e. The zero-order valence-electron chi connectivity index (χ0n) is 10.5. The van der Waals surface area contributed by atoms with Crippen LogP contribution in [-0.2, 0) is 12.8 Å². The average molecular weight is 271 g/mol. The molecule has 5 heteroatoms. The van der Waals surface area contributed by atoms with Gasteiger partial charge in [0.2, 0.25) is 0 Å². The van der Waals surface area contributed by atoms with Crippen LogP contribution < -0.4 is 0 Å². The van der Waals surface area contributed by atoms with Gasteiger partial charge in [0.05, 0.1) is 12.1 Å². The van der Waals surface area contributed by atoms with Crippen molar-refractivity contribution in [3.63, 3.8) is 0 Å². The number of hydrogen-bond donors (Lipinski definition) is 0. The molecule has 3 aromatic rings. The predicted molar refractivity (Wildman–Crippen MR) is 74.7 cm³/mol. The minimum atomic E-state index is 0.102. The zero-order valence-corrected chi connectivity index (χ0v) is 11.4. The van der Waals surface area contributed by atoms with Crippen molar-refractivity contribution in [1.82, 2.24) is 14.4 Å². The van der Waals surface area contributed by atoms with Crippen LogP contribution in [0.5, 0.6) is 0 Å². The molecule has 0 aliphatic heterocycles. The quantitative estimate of drug-likeness (QED) is 0.685. The number of pyridine rings is 1. The lowest BCUT2D eigenvalue weighted by Crippen LogP contribution is -2.07. The van der Waals surface area contributed by atoms with E-state index in [0.29, 0.717) is 6.42 Å². The maximum absolute atomic E-state index is 12.3. The van der Waals surface area contributed by atoms with Crippen molar-refractivity contribution < 1.29 is 4.79 Å². The van der Waals surface area contributed by atoms with E-state index in [2.05, 4.69) is 9.97 Å². The number of rotatable bonds is 4. The zero-order chi connectivity index (χ0) is 13.2. The van der Waals surface area contributed by atoms with E-state index in [-0.39, 0.29) is 5.78 Å². The van der Waals surface area contributed by atoms with Gasteiger partial charge in [0, 0.05) is 35.7 Å². The van der Waals surface area contributed by atoms with Crippen LogP contribution in [0, 0.1) is 0 Å². The number of ketones is 1. The fourth-order valence-corrected chi connectivity index (χ4v) is 2.82. The van der Waals surface area contributed by atoms with Gasteiger partial charge in [-0.3, -0.25) is 14.2 Å². The fraction of sp³-hybridized carbons (Fsp3) is 0.214. The van der Waals surface area contributed by atoms with Gasteiger partial charge in [-0.05, 0) is 18.1 Å². The Hall–Kier alpha value is -2.01. The molecule has 0 bridgehead atoms. The van der Waals surface area contributed by atoms with Gasteiger partial charge in [-0.25, -0.2) is 4.98 Å². The van der Waals surface area contributed by atoms with Crippen molar-refractivity contribution in [2.75, 3.05) is 0 Å². The second-order valence-corrected chi connectivity index (χ2v) is 5.18. The molecule has 0 saturated carbocycles. The van der Waals surface area contributed by atoms with E-state index in [9.17, 15) is 4.79 Å². The number of thiazole rings is 1. The average Bonchev–Trinajstić information content (AvgIpc) is 2.99. The fourth-order valence-electron chi connectivity index (χ4n) is 2.10. The third-order valence-corrected chi connectivity index (χ3v) is 3.84. The Labute approximate surface area is 114 Å². The molecule has 0 radical (unpaired) electrons. The number of Topliss-reactive ketones (excluding diaryl/α,β-unsaturated/α-hetero) is 1. The topological polar surface area (TPSA) is 47.3 Å². The second-order valence-electron chi connectivity index (χ2n) is 4.31. The van der Waals surface area contributed by atoms with Gasteiger partial charge in [0.25, 0.3) is 0 Å². The molecular formula is C14H13N3OS. The van der Waals surface area contributed by atoms with Crippen molar-refractivity contribution in [2.45, 2.75) is 19.8 Å². The summed E-state index contributed by atoms with van der Waals surface area (Å²) in [6.45, 7) is 2.03. The van der Waals surface area contributed by atoms with Gasteiger partial charge >= 0.3 is 0 Å². The number of carbonyl (C=O) groups excluding carboxylic acids is 1. The Balaban J connectivity index is 1.86. The highest BCUT2D eigenvalue weighted by Crippen LogP contribution is 2.15. The van der Waals surface area contributed by atoms with Crippen molar-refractivity contribution in [3.05, 3.63) is 53.1 Å². The van der Waals surface area contributed by atoms with Gasteiger partial charge in [-0.15, -0.1) is 11.3 Å². The highest BCUT2D eigenvalue weighted by Gasteiger charge is 2.13. The Kier molecular flexibility index (Phi) is 3.13. The van der Waals surface area contributed by atoms with Crippen LogP contribution in [0.25, 0.3) is 4.96 Å². The van der Waals surface area contributed by atoms with E-state index in [1.54, 1.807) is 29.8 Å². The number of hydrogen-bond acceptors (Lipinski definition) is 4. The lowest BCUT2D eigenvalue weighted by atomic mass is 10.0. The first-order valence-corrected chi connectivity index (χ1v) is 7.03. The molecule has 96 valence electrons. The summed E-state index contributed by atoms with van der Waals surface area (Å²) in [6.07, 6.45) is 8.44. The van der Waals surface area contributed by atoms with Crippen LogP contribution in [0.4, 0.5) is 0 Å². The molecule has 3 aromatic heterocycles. The smallest absolute Gasteiger partial charge is 0.193 e. The molecule has 3 rings (SSSR count). The molecule has 0 spiro atoms. The Morgan fingerprint density at radius 2 is 2.37 bits per heavy atom. The van der Waals surface area contributed by atoms with Gasteiger partial charge in [0.15, 0.2) is 10.7 Å². The standard InChI is InChI=1S/C14H13N3OS/c1-2-10-8-15-4-3-12(10)13(18)7-11-9-17-5-6-19-14(17)16-11/h3-6,8-9H,2,7H2,1H3. The molecule has 0 saturated heterocycles. The lowest BCUT2D eigenvalue weighted by Gasteiger charge is -2.04. The highest BCUT2D eigenvalue weighted by atomic mass is 32.1. The summed E-state index contributed by atoms with van der Waals surface area (Å²) in [7, 11) is 0. The first-order chi connectivity index (χ1) is 9.28. The molecule has 0 fully saturated rings. The number of fused-ring (bicyclic) bond motifs is 1. The van der Waals surface area contributed by atoms with Gasteiger partial charge in [-0.2, -0.15) is 0 Å². The van der Waals surface area contributed by atoms with Crippen LogP contribution in [0.1, 0.15) is 28.5 Å². The molecular weight excluding hydrogens is 258 g/mol. The Bertz CT molecular complexity index is 700. The van der Waals surface area contributed by atoms with Gasteiger partial charge in [-0.1, -0.05) is 6.92 Å². The first-order valence-electron chi connectivity index (χ1n) is 6.15. The van der Waals surface area contributed by atoms with Crippen molar-refractivity contribution >= 4 is 22.1 Å². The van der Waals surface area contributed by atoms with E-state index >= 15 is 0 Å². The maximum Gasteiger partial charge on any atom is 0.193 e. The monoisotopic (exact) mass is 271 g/mol. The molecule has 19 heavy (non-hydrogen) atoms. The minimum absolute atomic E-state index is 0.102. The summed E-state index contributed by atoms with van der Waals surface area (Å²) < 4.78 is 1.95. The summed E-state index contributed by atoms with van der Waals surface area (Å²) in [5, 5.41) is 1.98. The molecule has 0 amide bonds. The van der Waals surface area contributed by atoms with E-state index < -0.39 is 0 Å². The third kappa shape index (κ3) is 2.29. The molecule has 0 N–H and O–H groups in total. The summed E-state index contributed by atoms with van der Waals surface area (Å²) in [5.41, 5.74) is 2.57. The summed E-state index contributed by atoms with van der Waals surface area (Å²) in [6, 6.07) is 1.79. The molecule has 4 nitrogen and oxygen atoms in total.